The molecule has 0 fully saturated rings. The molecule has 21 heavy (non-hydrogen) atoms. The first-order valence-corrected chi connectivity index (χ1v) is 6.58. The largest absolute Gasteiger partial charge is 0.355 e. The molecule has 1 heterocycles. The van der Waals surface area contributed by atoms with Gasteiger partial charge in [0.2, 0.25) is 0 Å². The molecule has 0 spiro atoms. The number of terminal acetylenes is 2. The molecule has 1 heteroatoms. The number of rotatable bonds is 2. The molecule has 0 unspecified atom stereocenters. The maximum Gasteiger partial charge on any atom is 0.167 e. The van der Waals surface area contributed by atoms with E-state index in [0.717, 1.165) is 33.6 Å². The van der Waals surface area contributed by atoms with Crippen molar-refractivity contribution < 1.29 is 1.41 Å². The van der Waals surface area contributed by atoms with Crippen molar-refractivity contribution in [1.82, 2.24) is 4.98 Å². The van der Waals surface area contributed by atoms with Crippen LogP contribution in [0.3, 0.4) is 0 Å². The summed E-state index contributed by atoms with van der Waals surface area (Å²) in [7, 11) is 0. The average Bonchev–Trinajstić information content (AvgIpc) is 2.96. The van der Waals surface area contributed by atoms with Crippen molar-refractivity contribution in [1.29, 1.82) is 0 Å². The lowest BCUT2D eigenvalue weighted by atomic mass is 10.1. The molecular formula is C20H13N. The van der Waals surface area contributed by atoms with Crippen LogP contribution in [-0.4, -0.2) is 4.98 Å². The first-order valence-electron chi connectivity index (χ1n) is 7.03. The molecule has 0 aliphatic rings. The normalized spacial score (nSPS) is 10.5. The van der Waals surface area contributed by atoms with Gasteiger partial charge in [-0.05, 0) is 47.5 Å². The van der Waals surface area contributed by atoms with Gasteiger partial charge < -0.3 is 4.98 Å². The molecule has 0 saturated heterocycles. The second-order valence-electron chi connectivity index (χ2n) is 4.66. The fraction of sp³-hybridized carbons (Fsp3) is 0. The molecule has 3 aromatic rings. The van der Waals surface area contributed by atoms with Gasteiger partial charge in [-0.1, -0.05) is 36.1 Å². The summed E-state index contributed by atoms with van der Waals surface area (Å²) < 4.78 is 8.33. The first kappa shape index (κ1) is 11.6. The first-order chi connectivity index (χ1) is 10.7. The van der Waals surface area contributed by atoms with E-state index >= 15 is 0 Å². The third-order valence-electron chi connectivity index (χ3n) is 3.33. The predicted octanol–water partition coefficient (Wildman–Crippen LogP) is 4.31. The summed E-state index contributed by atoms with van der Waals surface area (Å²) in [5.74, 6) is 5.18. The average molecular weight is 268 g/mol. The Morgan fingerprint density at radius 3 is 1.38 bits per heavy atom. The van der Waals surface area contributed by atoms with Gasteiger partial charge in [0.05, 0.1) is 0 Å². The highest BCUT2D eigenvalue weighted by atomic mass is 14.7. The highest BCUT2D eigenvalue weighted by molar-refractivity contribution is 5.69. The summed E-state index contributed by atoms with van der Waals surface area (Å²) in [5.41, 5.74) is 5.22. The van der Waals surface area contributed by atoms with Crippen molar-refractivity contribution in [3.05, 3.63) is 71.8 Å². The van der Waals surface area contributed by atoms with Gasteiger partial charge in [-0.15, -0.1) is 12.8 Å². The van der Waals surface area contributed by atoms with Crippen molar-refractivity contribution in [3.8, 4) is 47.2 Å². The SMILES string of the molecule is [2H]n1c(-c2ccc(C#C)cc2)ccc1-c1ccc(C#C)cc1. The number of hydrogen-bond donors (Lipinski definition) is 1. The van der Waals surface area contributed by atoms with E-state index < -0.39 is 0 Å². The van der Waals surface area contributed by atoms with Gasteiger partial charge in [0.15, 0.2) is 1.41 Å². The Bertz CT molecular complexity index is 810. The van der Waals surface area contributed by atoms with Gasteiger partial charge in [0.25, 0.3) is 0 Å². The molecule has 0 aliphatic heterocycles. The highest BCUT2D eigenvalue weighted by Crippen LogP contribution is 2.25. The zero-order valence-corrected chi connectivity index (χ0v) is 11.4. The molecular weight excluding hydrogens is 254 g/mol. The van der Waals surface area contributed by atoms with Crippen molar-refractivity contribution in [2.75, 3.05) is 0 Å². The van der Waals surface area contributed by atoms with Crippen LogP contribution in [0.5, 0.6) is 0 Å². The lowest BCUT2D eigenvalue weighted by Crippen LogP contribution is -1.81. The van der Waals surface area contributed by atoms with E-state index in [1.54, 1.807) is 0 Å². The lowest BCUT2D eigenvalue weighted by molar-refractivity contribution is 1.39. The van der Waals surface area contributed by atoms with Crippen LogP contribution in [0.15, 0.2) is 60.7 Å². The monoisotopic (exact) mass is 268 g/mol. The molecule has 3 rings (SSSR count). The number of aromatic nitrogens is 1. The Labute approximate surface area is 126 Å². The molecule has 2 aromatic carbocycles. The number of benzene rings is 2. The molecule has 1 nitrogen and oxygen atoms in total. The molecule has 0 atom stereocenters. The Morgan fingerprint density at radius 1 is 0.667 bits per heavy atom. The molecule has 1 N–H and O–H groups in total. The summed E-state index contributed by atoms with van der Waals surface area (Å²) in [6.07, 6.45) is 10.7. The van der Waals surface area contributed by atoms with E-state index in [9.17, 15) is 0 Å². The van der Waals surface area contributed by atoms with Crippen molar-refractivity contribution in [3.63, 3.8) is 0 Å². The topological polar surface area (TPSA) is 15.8 Å². The van der Waals surface area contributed by atoms with Crippen LogP contribution >= 0.6 is 0 Å². The van der Waals surface area contributed by atoms with Crippen LogP contribution in [0.2, 0.25) is 1.41 Å². The van der Waals surface area contributed by atoms with Crippen molar-refractivity contribution >= 4 is 0 Å². The summed E-state index contributed by atoms with van der Waals surface area (Å²) >= 11 is 0. The number of aromatic amines is 1. The minimum Gasteiger partial charge on any atom is -0.355 e. The summed E-state index contributed by atoms with van der Waals surface area (Å²) in [6.45, 7) is 0. The second-order valence-corrected chi connectivity index (χ2v) is 4.66. The second kappa shape index (κ2) is 5.45. The van der Waals surface area contributed by atoms with E-state index in [0.29, 0.717) is 0 Å². The third kappa shape index (κ3) is 2.59. The zero-order chi connectivity index (χ0) is 15.5. The number of nitrogens with one attached hydrogen (secondary N) is 1. The molecule has 0 aliphatic carbocycles. The maximum absolute atomic E-state index is 8.33. The predicted molar refractivity (Wildman–Crippen MR) is 87.5 cm³/mol. The Morgan fingerprint density at radius 2 is 1.05 bits per heavy atom. The van der Waals surface area contributed by atoms with Crippen LogP contribution in [0.1, 0.15) is 11.1 Å². The third-order valence-corrected chi connectivity index (χ3v) is 3.33. The van der Waals surface area contributed by atoms with E-state index in [2.05, 4.69) is 11.8 Å². The van der Waals surface area contributed by atoms with Crippen LogP contribution in [-0.2, 0) is 0 Å². The minimum absolute atomic E-state index is 0.819. The van der Waals surface area contributed by atoms with E-state index in [1.165, 1.54) is 4.98 Å². The minimum atomic E-state index is 0.819. The molecule has 98 valence electrons. The van der Waals surface area contributed by atoms with Gasteiger partial charge >= 0.3 is 0 Å². The van der Waals surface area contributed by atoms with Gasteiger partial charge in [0, 0.05) is 22.5 Å². The molecule has 1 aromatic heterocycles. The smallest absolute Gasteiger partial charge is 0.167 e. The van der Waals surface area contributed by atoms with Gasteiger partial charge in [-0.3, -0.25) is 0 Å². The molecule has 0 radical (unpaired) electrons. The van der Waals surface area contributed by atoms with Crippen molar-refractivity contribution in [2.24, 2.45) is 0 Å². The quantitative estimate of drug-likeness (QED) is 0.667. The van der Waals surface area contributed by atoms with E-state index in [-0.39, 0.29) is 0 Å². The maximum atomic E-state index is 8.33. The summed E-state index contributed by atoms with van der Waals surface area (Å²) in [4.78, 5) is 1.43. The number of hydrogen-bond acceptors (Lipinski definition) is 0. The summed E-state index contributed by atoms with van der Waals surface area (Å²) in [6, 6.07) is 19.1. The Kier molecular flexibility index (Phi) is 3.02. The Balaban J connectivity index is 2.00. The van der Waals surface area contributed by atoms with Crippen LogP contribution < -0.4 is 0 Å². The number of H-pyrrole nitrogens is 1. The Hall–Kier alpha value is -3.16. The van der Waals surface area contributed by atoms with Crippen LogP contribution in [0, 0.1) is 24.7 Å². The van der Waals surface area contributed by atoms with Gasteiger partial charge in [-0.25, -0.2) is 0 Å². The zero-order valence-electron chi connectivity index (χ0n) is 12.4. The fourth-order valence-corrected chi connectivity index (χ4v) is 2.16. The van der Waals surface area contributed by atoms with Crippen LogP contribution in [0.4, 0.5) is 0 Å². The van der Waals surface area contributed by atoms with Crippen LogP contribution in [0.25, 0.3) is 22.5 Å². The molecule has 0 bridgehead atoms. The highest BCUT2D eigenvalue weighted by Gasteiger charge is 2.04. The molecule has 0 amide bonds. The van der Waals surface area contributed by atoms with Gasteiger partial charge in [0.1, 0.15) is 0 Å². The lowest BCUT2D eigenvalue weighted by Gasteiger charge is -2.01. The van der Waals surface area contributed by atoms with Crippen molar-refractivity contribution in [2.45, 2.75) is 0 Å². The molecule has 0 saturated carbocycles. The van der Waals surface area contributed by atoms with Gasteiger partial charge in [-0.2, -0.15) is 0 Å². The fourth-order valence-electron chi connectivity index (χ4n) is 2.16. The van der Waals surface area contributed by atoms with E-state index in [4.69, 9.17) is 14.3 Å². The summed E-state index contributed by atoms with van der Waals surface area (Å²) in [5, 5.41) is 0. The van der Waals surface area contributed by atoms with E-state index in [1.807, 2.05) is 60.7 Å². The standard InChI is InChI=1S/C20H13N/c1-3-15-5-9-17(10-6-15)19-13-14-20(21-19)18-11-7-16(4-2)8-12-18/h1-2,5-14,21H/i/hD.